The van der Waals surface area contributed by atoms with E-state index in [9.17, 15) is 4.79 Å². The molecule has 2 rings (SSSR count). The number of amides is 1. The SMILES string of the molecule is CNC(=O)Cc1nc(CNc2cccc(COC(C)C)c2C)cs1. The Morgan fingerprint density at radius 3 is 2.88 bits per heavy atom. The monoisotopic (exact) mass is 347 g/mol. The summed E-state index contributed by atoms with van der Waals surface area (Å²) in [5.41, 5.74) is 4.41. The maximum atomic E-state index is 11.4. The zero-order valence-corrected chi connectivity index (χ0v) is 15.5. The Hall–Kier alpha value is -1.92. The molecule has 0 spiro atoms. The number of benzene rings is 1. The summed E-state index contributed by atoms with van der Waals surface area (Å²) in [4.78, 5) is 15.9. The number of thiazole rings is 1. The number of likely N-dealkylation sites (N-methyl/N-ethyl adjacent to an activating group) is 1. The minimum Gasteiger partial charge on any atom is -0.379 e. The Kier molecular flexibility index (Phi) is 6.75. The van der Waals surface area contributed by atoms with E-state index in [2.05, 4.69) is 34.7 Å². The van der Waals surface area contributed by atoms with Crippen LogP contribution in [0.1, 0.15) is 35.7 Å². The molecule has 6 heteroatoms. The molecule has 0 saturated heterocycles. The Morgan fingerprint density at radius 1 is 1.38 bits per heavy atom. The average molecular weight is 347 g/mol. The highest BCUT2D eigenvalue weighted by atomic mass is 32.1. The topological polar surface area (TPSA) is 63.2 Å². The van der Waals surface area contributed by atoms with Crippen molar-refractivity contribution in [3.63, 3.8) is 0 Å². The van der Waals surface area contributed by atoms with Gasteiger partial charge in [-0.3, -0.25) is 4.79 Å². The van der Waals surface area contributed by atoms with Crippen LogP contribution in [0.3, 0.4) is 0 Å². The molecule has 0 aliphatic rings. The maximum absolute atomic E-state index is 11.4. The first-order chi connectivity index (χ1) is 11.5. The summed E-state index contributed by atoms with van der Waals surface area (Å²) in [6, 6.07) is 6.19. The number of hydrogen-bond donors (Lipinski definition) is 2. The first-order valence-electron chi connectivity index (χ1n) is 8.07. The lowest BCUT2D eigenvalue weighted by Gasteiger charge is -2.14. The smallest absolute Gasteiger partial charge is 0.226 e. The van der Waals surface area contributed by atoms with Gasteiger partial charge in [0, 0.05) is 18.1 Å². The van der Waals surface area contributed by atoms with Crippen molar-refractivity contribution in [1.82, 2.24) is 10.3 Å². The molecule has 2 N–H and O–H groups in total. The predicted molar refractivity (Wildman–Crippen MR) is 98.3 cm³/mol. The first-order valence-corrected chi connectivity index (χ1v) is 8.95. The lowest BCUT2D eigenvalue weighted by atomic mass is 10.1. The molecular weight excluding hydrogens is 322 g/mol. The second-order valence-corrected chi connectivity index (χ2v) is 6.83. The van der Waals surface area contributed by atoms with Gasteiger partial charge in [0.2, 0.25) is 5.91 Å². The number of carbonyl (C=O) groups is 1. The van der Waals surface area contributed by atoms with Crippen molar-refractivity contribution in [1.29, 1.82) is 0 Å². The van der Waals surface area contributed by atoms with Gasteiger partial charge in [-0.05, 0) is 38.0 Å². The van der Waals surface area contributed by atoms with Crippen LogP contribution in [0.2, 0.25) is 0 Å². The van der Waals surface area contributed by atoms with Crippen LogP contribution in [0, 0.1) is 6.92 Å². The number of nitrogens with one attached hydrogen (secondary N) is 2. The van der Waals surface area contributed by atoms with Crippen molar-refractivity contribution >= 4 is 22.9 Å². The van der Waals surface area contributed by atoms with Crippen molar-refractivity contribution in [3.8, 4) is 0 Å². The largest absolute Gasteiger partial charge is 0.379 e. The normalized spacial score (nSPS) is 10.9. The number of anilines is 1. The standard InChI is InChI=1S/C18H25N3O2S/c1-12(2)23-10-14-6-5-7-16(13(14)3)20-9-15-11-24-18(21-15)8-17(22)19-4/h5-7,11-12,20H,8-10H2,1-4H3,(H,19,22). The Balaban J connectivity index is 1.96. The second kappa shape index (κ2) is 8.80. The number of carbonyl (C=O) groups excluding carboxylic acids is 1. The fourth-order valence-corrected chi connectivity index (χ4v) is 3.00. The van der Waals surface area contributed by atoms with E-state index in [0.29, 0.717) is 19.6 Å². The summed E-state index contributed by atoms with van der Waals surface area (Å²) in [7, 11) is 1.64. The fourth-order valence-electron chi connectivity index (χ4n) is 2.21. The van der Waals surface area contributed by atoms with Crippen LogP contribution >= 0.6 is 11.3 Å². The Labute approximate surface area is 147 Å². The average Bonchev–Trinajstić information content (AvgIpc) is 2.99. The van der Waals surface area contributed by atoms with Gasteiger partial charge in [-0.2, -0.15) is 0 Å². The van der Waals surface area contributed by atoms with Crippen LogP contribution in [-0.2, 0) is 29.1 Å². The van der Waals surface area contributed by atoms with Crippen molar-refractivity contribution in [3.05, 3.63) is 45.4 Å². The van der Waals surface area contributed by atoms with Crippen LogP contribution in [0.4, 0.5) is 5.69 Å². The molecule has 0 unspecified atom stereocenters. The van der Waals surface area contributed by atoms with E-state index in [1.54, 1.807) is 7.05 Å². The lowest BCUT2D eigenvalue weighted by molar-refractivity contribution is -0.119. The highest BCUT2D eigenvalue weighted by molar-refractivity contribution is 7.09. The molecule has 1 aromatic heterocycles. The molecule has 0 fully saturated rings. The summed E-state index contributed by atoms with van der Waals surface area (Å²) >= 11 is 1.52. The summed E-state index contributed by atoms with van der Waals surface area (Å²) in [6.07, 6.45) is 0.553. The molecule has 1 amide bonds. The van der Waals surface area contributed by atoms with Crippen molar-refractivity contribution in [2.24, 2.45) is 0 Å². The first kappa shape index (κ1) is 18.4. The van der Waals surface area contributed by atoms with E-state index in [1.807, 2.05) is 25.3 Å². The lowest BCUT2D eigenvalue weighted by Crippen LogP contribution is -2.19. The van der Waals surface area contributed by atoms with Gasteiger partial charge in [-0.1, -0.05) is 12.1 Å². The third-order valence-electron chi connectivity index (χ3n) is 3.67. The van der Waals surface area contributed by atoms with E-state index < -0.39 is 0 Å². The second-order valence-electron chi connectivity index (χ2n) is 5.89. The summed E-state index contributed by atoms with van der Waals surface area (Å²) in [5.74, 6) is -0.0162. The van der Waals surface area contributed by atoms with Crippen LogP contribution in [0.25, 0.3) is 0 Å². The quantitative estimate of drug-likeness (QED) is 0.769. The molecule has 130 valence electrons. The van der Waals surface area contributed by atoms with Gasteiger partial charge < -0.3 is 15.4 Å². The molecule has 0 aliphatic carbocycles. The molecule has 0 atom stereocenters. The van der Waals surface area contributed by atoms with E-state index in [4.69, 9.17) is 4.74 Å². The molecule has 0 saturated carbocycles. The number of hydrogen-bond acceptors (Lipinski definition) is 5. The van der Waals surface area contributed by atoms with Gasteiger partial charge in [-0.25, -0.2) is 4.98 Å². The minimum absolute atomic E-state index is 0.0162. The highest BCUT2D eigenvalue weighted by Crippen LogP contribution is 2.21. The summed E-state index contributed by atoms with van der Waals surface area (Å²) in [6.45, 7) is 7.43. The predicted octanol–water partition coefficient (Wildman–Crippen LogP) is 3.28. The third-order valence-corrected chi connectivity index (χ3v) is 4.57. The van der Waals surface area contributed by atoms with Gasteiger partial charge in [-0.15, -0.1) is 11.3 Å². The number of rotatable bonds is 8. The summed E-state index contributed by atoms with van der Waals surface area (Å²) in [5, 5.41) is 8.87. The van der Waals surface area contributed by atoms with Crippen molar-refractivity contribution in [2.75, 3.05) is 12.4 Å². The molecule has 1 heterocycles. The van der Waals surface area contributed by atoms with Crippen LogP contribution in [0.5, 0.6) is 0 Å². The van der Waals surface area contributed by atoms with Crippen LogP contribution in [0.15, 0.2) is 23.6 Å². The third kappa shape index (κ3) is 5.32. The summed E-state index contributed by atoms with van der Waals surface area (Å²) < 4.78 is 5.70. The van der Waals surface area contributed by atoms with E-state index in [-0.39, 0.29) is 12.0 Å². The van der Waals surface area contributed by atoms with Gasteiger partial charge in [0.15, 0.2) is 0 Å². The Morgan fingerprint density at radius 2 is 2.17 bits per heavy atom. The number of nitrogens with zero attached hydrogens (tertiary/aromatic N) is 1. The zero-order valence-electron chi connectivity index (χ0n) is 14.7. The molecule has 0 bridgehead atoms. The molecular formula is C18H25N3O2S. The van der Waals surface area contributed by atoms with Gasteiger partial charge in [0.25, 0.3) is 0 Å². The molecule has 24 heavy (non-hydrogen) atoms. The highest BCUT2D eigenvalue weighted by Gasteiger charge is 2.08. The van der Waals surface area contributed by atoms with E-state index in [0.717, 1.165) is 16.4 Å². The maximum Gasteiger partial charge on any atom is 0.226 e. The van der Waals surface area contributed by atoms with E-state index >= 15 is 0 Å². The Bertz CT molecular complexity index is 683. The minimum atomic E-state index is -0.0162. The van der Waals surface area contributed by atoms with Crippen LogP contribution in [-0.4, -0.2) is 24.0 Å². The van der Waals surface area contributed by atoms with E-state index in [1.165, 1.54) is 22.5 Å². The van der Waals surface area contributed by atoms with Gasteiger partial charge >= 0.3 is 0 Å². The van der Waals surface area contributed by atoms with Crippen molar-refractivity contribution < 1.29 is 9.53 Å². The fraction of sp³-hybridized carbons (Fsp3) is 0.444. The molecule has 1 aromatic carbocycles. The van der Waals surface area contributed by atoms with Crippen LogP contribution < -0.4 is 10.6 Å². The molecule has 0 aliphatic heterocycles. The number of ether oxygens (including phenoxy) is 1. The molecule has 0 radical (unpaired) electrons. The molecule has 2 aromatic rings. The van der Waals surface area contributed by atoms with Crippen molar-refractivity contribution in [2.45, 2.75) is 46.4 Å². The number of aromatic nitrogens is 1. The zero-order chi connectivity index (χ0) is 17.5. The van der Waals surface area contributed by atoms with Gasteiger partial charge in [0.1, 0.15) is 5.01 Å². The van der Waals surface area contributed by atoms with Gasteiger partial charge in [0.05, 0.1) is 31.4 Å². The molecule has 5 nitrogen and oxygen atoms in total.